The second-order valence-electron chi connectivity index (χ2n) is 7.54. The van der Waals surface area contributed by atoms with Gasteiger partial charge in [-0.15, -0.1) is 0 Å². The van der Waals surface area contributed by atoms with Crippen molar-refractivity contribution in [1.29, 1.82) is 0 Å². The summed E-state index contributed by atoms with van der Waals surface area (Å²) in [7, 11) is 3.20. The molecule has 0 saturated carbocycles. The fourth-order valence-electron chi connectivity index (χ4n) is 4.28. The fraction of sp³-hybridized carbons (Fsp3) is 0.391. The lowest BCUT2D eigenvalue weighted by atomic mass is 9.93. The topological polar surface area (TPSA) is 74.2 Å². The van der Waals surface area contributed by atoms with Crippen LogP contribution in [0.25, 0.3) is 5.57 Å². The van der Waals surface area contributed by atoms with Gasteiger partial charge in [-0.25, -0.2) is 0 Å². The van der Waals surface area contributed by atoms with Gasteiger partial charge in [-0.05, 0) is 36.6 Å². The van der Waals surface area contributed by atoms with Crippen LogP contribution in [0.2, 0.25) is 0 Å². The quantitative estimate of drug-likeness (QED) is 0.722. The Labute approximate surface area is 171 Å². The molecule has 0 aromatic heterocycles. The molecule has 6 heteroatoms. The third-order valence-electron chi connectivity index (χ3n) is 5.85. The molecule has 2 atom stereocenters. The number of piperidine rings is 1. The average Bonchev–Trinajstić information content (AvgIpc) is 3.09. The summed E-state index contributed by atoms with van der Waals surface area (Å²) in [6, 6.07) is 13.6. The molecule has 154 valence electrons. The number of nitrogens with one attached hydrogen (secondary N) is 1. The Morgan fingerprint density at radius 1 is 1.07 bits per heavy atom. The number of nitrogens with zero attached hydrogens (tertiary/aromatic N) is 1. The SMILES string of the molecule is COc1ccc(C(O)CN2CCC(=C3c4ccccc4NC3O)CC2)cc1OC. The Morgan fingerprint density at radius 3 is 2.52 bits per heavy atom. The third kappa shape index (κ3) is 3.96. The molecule has 6 nitrogen and oxygen atoms in total. The van der Waals surface area contributed by atoms with Gasteiger partial charge < -0.3 is 25.0 Å². The minimum Gasteiger partial charge on any atom is -0.493 e. The molecule has 0 radical (unpaired) electrons. The summed E-state index contributed by atoms with van der Waals surface area (Å²) >= 11 is 0. The van der Waals surface area contributed by atoms with Gasteiger partial charge in [-0.2, -0.15) is 0 Å². The molecule has 2 aromatic rings. The fourth-order valence-corrected chi connectivity index (χ4v) is 4.28. The molecule has 29 heavy (non-hydrogen) atoms. The number of rotatable bonds is 5. The average molecular weight is 396 g/mol. The number of fused-ring (bicyclic) bond motifs is 1. The number of para-hydroxylation sites is 1. The Hall–Kier alpha value is -2.54. The molecular weight excluding hydrogens is 368 g/mol. The number of benzene rings is 2. The van der Waals surface area contributed by atoms with E-state index in [1.54, 1.807) is 14.2 Å². The van der Waals surface area contributed by atoms with E-state index in [1.807, 2.05) is 36.4 Å². The molecule has 0 aliphatic carbocycles. The second-order valence-corrected chi connectivity index (χ2v) is 7.54. The summed E-state index contributed by atoms with van der Waals surface area (Å²) < 4.78 is 10.6. The first-order chi connectivity index (χ1) is 14.1. The Bertz CT molecular complexity index is 902. The summed E-state index contributed by atoms with van der Waals surface area (Å²) in [4.78, 5) is 2.27. The first-order valence-corrected chi connectivity index (χ1v) is 9.99. The van der Waals surface area contributed by atoms with Gasteiger partial charge in [0, 0.05) is 36.5 Å². The number of methoxy groups -OCH3 is 2. The van der Waals surface area contributed by atoms with Crippen LogP contribution in [0.4, 0.5) is 5.69 Å². The molecule has 1 fully saturated rings. The molecule has 2 aliphatic heterocycles. The van der Waals surface area contributed by atoms with Crippen molar-refractivity contribution >= 4 is 11.3 Å². The zero-order valence-corrected chi connectivity index (χ0v) is 16.9. The highest BCUT2D eigenvalue weighted by Crippen LogP contribution is 2.39. The van der Waals surface area contributed by atoms with Gasteiger partial charge in [0.2, 0.25) is 0 Å². The van der Waals surface area contributed by atoms with Crippen molar-refractivity contribution in [3.05, 3.63) is 59.2 Å². The Kier molecular flexibility index (Phi) is 5.76. The minimum absolute atomic E-state index is 0.565. The highest BCUT2D eigenvalue weighted by molar-refractivity contribution is 5.87. The summed E-state index contributed by atoms with van der Waals surface area (Å²) in [6.45, 7) is 2.28. The summed E-state index contributed by atoms with van der Waals surface area (Å²) in [5.74, 6) is 1.28. The number of aliphatic hydroxyl groups excluding tert-OH is 2. The van der Waals surface area contributed by atoms with Crippen LogP contribution >= 0.6 is 0 Å². The number of hydrogen-bond acceptors (Lipinski definition) is 6. The standard InChI is InChI=1S/C23H28N2O4/c1-28-20-8-7-16(13-21(20)29-2)19(26)14-25-11-9-15(10-12-25)22-17-5-3-4-6-18(17)24-23(22)27/h3-8,13,19,23-24,26-27H,9-12,14H2,1-2H3. The maximum absolute atomic E-state index is 10.7. The smallest absolute Gasteiger partial charge is 0.161 e. The van der Waals surface area contributed by atoms with Crippen molar-refractivity contribution in [2.45, 2.75) is 25.2 Å². The molecule has 2 heterocycles. The van der Waals surface area contributed by atoms with Crippen LogP contribution in [-0.2, 0) is 0 Å². The number of β-amino-alcohol motifs (C(OH)–C–C–N with tert-alkyl or cyclic N) is 1. The predicted molar refractivity (Wildman–Crippen MR) is 113 cm³/mol. The molecule has 1 saturated heterocycles. The van der Waals surface area contributed by atoms with Gasteiger partial charge in [-0.1, -0.05) is 29.8 Å². The van der Waals surface area contributed by atoms with Gasteiger partial charge in [0.15, 0.2) is 17.7 Å². The van der Waals surface area contributed by atoms with Crippen molar-refractivity contribution in [2.75, 3.05) is 39.2 Å². The van der Waals surface area contributed by atoms with Gasteiger partial charge in [0.25, 0.3) is 0 Å². The van der Waals surface area contributed by atoms with Crippen LogP contribution in [0.1, 0.15) is 30.1 Å². The van der Waals surface area contributed by atoms with Gasteiger partial charge in [-0.3, -0.25) is 4.90 Å². The van der Waals surface area contributed by atoms with Crippen LogP contribution in [0.3, 0.4) is 0 Å². The minimum atomic E-state index is -0.633. The number of ether oxygens (including phenoxy) is 2. The molecular formula is C23H28N2O4. The first kappa shape index (κ1) is 19.8. The Morgan fingerprint density at radius 2 is 1.79 bits per heavy atom. The highest BCUT2D eigenvalue weighted by atomic mass is 16.5. The van der Waals surface area contributed by atoms with E-state index in [9.17, 15) is 10.2 Å². The predicted octanol–water partition coefficient (Wildman–Crippen LogP) is 3.03. The number of hydrogen-bond donors (Lipinski definition) is 3. The normalized spacial score (nSPS) is 20.2. The monoisotopic (exact) mass is 396 g/mol. The van der Waals surface area contributed by atoms with E-state index < -0.39 is 12.3 Å². The molecule has 2 aromatic carbocycles. The maximum atomic E-state index is 10.7. The largest absolute Gasteiger partial charge is 0.493 e. The van der Waals surface area contributed by atoms with Crippen molar-refractivity contribution in [3.63, 3.8) is 0 Å². The molecule has 0 spiro atoms. The molecule has 4 rings (SSSR count). The van der Waals surface area contributed by atoms with Crippen molar-refractivity contribution in [1.82, 2.24) is 4.90 Å². The van der Waals surface area contributed by atoms with E-state index in [4.69, 9.17) is 9.47 Å². The van der Waals surface area contributed by atoms with Crippen LogP contribution in [0, 0.1) is 0 Å². The second kappa shape index (κ2) is 8.45. The van der Waals surface area contributed by atoms with E-state index >= 15 is 0 Å². The van der Waals surface area contributed by atoms with Gasteiger partial charge in [0.1, 0.15) is 0 Å². The van der Waals surface area contributed by atoms with Crippen LogP contribution in [0.15, 0.2) is 48.0 Å². The molecule has 2 aliphatic rings. The summed E-state index contributed by atoms with van der Waals surface area (Å²) in [5, 5.41) is 24.3. The lowest BCUT2D eigenvalue weighted by Gasteiger charge is -2.31. The summed E-state index contributed by atoms with van der Waals surface area (Å²) in [6.07, 6.45) is 0.553. The van der Waals surface area contributed by atoms with E-state index in [2.05, 4.69) is 16.3 Å². The number of anilines is 1. The van der Waals surface area contributed by atoms with Crippen molar-refractivity contribution < 1.29 is 19.7 Å². The molecule has 0 bridgehead atoms. The van der Waals surface area contributed by atoms with E-state index in [0.29, 0.717) is 18.0 Å². The third-order valence-corrected chi connectivity index (χ3v) is 5.85. The first-order valence-electron chi connectivity index (χ1n) is 9.99. The lowest BCUT2D eigenvalue weighted by Crippen LogP contribution is -2.35. The summed E-state index contributed by atoms with van der Waals surface area (Å²) in [5.41, 5.74) is 5.24. The number of aliphatic hydroxyl groups is 2. The molecule has 3 N–H and O–H groups in total. The van der Waals surface area contributed by atoms with E-state index in [1.165, 1.54) is 5.57 Å². The van der Waals surface area contributed by atoms with Crippen LogP contribution < -0.4 is 14.8 Å². The maximum Gasteiger partial charge on any atom is 0.161 e. The zero-order valence-electron chi connectivity index (χ0n) is 16.9. The van der Waals surface area contributed by atoms with Crippen molar-refractivity contribution in [3.8, 4) is 11.5 Å². The van der Waals surface area contributed by atoms with Gasteiger partial charge in [0.05, 0.1) is 20.3 Å². The van der Waals surface area contributed by atoms with Gasteiger partial charge >= 0.3 is 0 Å². The zero-order chi connectivity index (χ0) is 20.4. The van der Waals surface area contributed by atoms with Crippen molar-refractivity contribution in [2.24, 2.45) is 0 Å². The van der Waals surface area contributed by atoms with Crippen LogP contribution in [0.5, 0.6) is 11.5 Å². The van der Waals surface area contributed by atoms with Crippen LogP contribution in [-0.4, -0.2) is 55.2 Å². The Balaban J connectivity index is 1.42. The van der Waals surface area contributed by atoms with E-state index in [-0.39, 0.29) is 0 Å². The number of likely N-dealkylation sites (tertiary alicyclic amines) is 1. The van der Waals surface area contributed by atoms with E-state index in [0.717, 1.165) is 48.3 Å². The lowest BCUT2D eigenvalue weighted by molar-refractivity contribution is 0.108. The highest BCUT2D eigenvalue weighted by Gasteiger charge is 2.29. The molecule has 0 amide bonds. The molecule has 2 unspecified atom stereocenters.